The molecule has 7 heteroatoms. The highest BCUT2D eigenvalue weighted by molar-refractivity contribution is 5.37. The lowest BCUT2D eigenvalue weighted by Gasteiger charge is -2.05. The van der Waals surface area contributed by atoms with Crippen LogP contribution in [0.1, 0.15) is 11.5 Å². The normalized spacial score (nSPS) is 10.4. The third kappa shape index (κ3) is 3.14. The van der Waals surface area contributed by atoms with Crippen LogP contribution in [-0.4, -0.2) is 15.2 Å². The summed E-state index contributed by atoms with van der Waals surface area (Å²) in [6.07, 6.45) is 4.81. The minimum atomic E-state index is 0.436. The third-order valence-corrected chi connectivity index (χ3v) is 2.58. The largest absolute Gasteiger partial charge is 0.467 e. The lowest BCUT2D eigenvalue weighted by Crippen LogP contribution is -2.07. The second-order valence-corrected chi connectivity index (χ2v) is 4.03. The first kappa shape index (κ1) is 12.2. The Balaban J connectivity index is 1.57. The van der Waals surface area contributed by atoms with E-state index < -0.39 is 0 Å². The molecule has 7 nitrogen and oxygen atoms in total. The van der Waals surface area contributed by atoms with Gasteiger partial charge in [0.15, 0.2) is 5.82 Å². The van der Waals surface area contributed by atoms with Crippen LogP contribution in [0, 0.1) is 0 Å². The van der Waals surface area contributed by atoms with Crippen molar-refractivity contribution in [3.63, 3.8) is 0 Å². The number of rotatable bonds is 6. The van der Waals surface area contributed by atoms with E-state index in [0.29, 0.717) is 24.9 Å². The molecule has 3 aromatic rings. The summed E-state index contributed by atoms with van der Waals surface area (Å²) in [6, 6.07) is 7.43. The first-order chi connectivity index (χ1) is 9.90. The van der Waals surface area contributed by atoms with Crippen molar-refractivity contribution in [3.05, 3.63) is 54.5 Å². The Hall–Kier alpha value is -2.83. The second kappa shape index (κ2) is 5.87. The molecule has 0 saturated carbocycles. The van der Waals surface area contributed by atoms with Gasteiger partial charge in [0.2, 0.25) is 5.95 Å². The van der Waals surface area contributed by atoms with Crippen molar-refractivity contribution in [2.24, 2.45) is 0 Å². The van der Waals surface area contributed by atoms with Crippen molar-refractivity contribution in [2.75, 3.05) is 10.6 Å². The molecule has 0 aliphatic rings. The Morgan fingerprint density at radius 3 is 2.30 bits per heavy atom. The maximum Gasteiger partial charge on any atom is 0.245 e. The van der Waals surface area contributed by atoms with E-state index in [4.69, 9.17) is 8.83 Å². The minimum absolute atomic E-state index is 0.436. The average molecular weight is 271 g/mol. The molecule has 3 aromatic heterocycles. The molecule has 20 heavy (non-hydrogen) atoms. The number of nitrogens with one attached hydrogen (secondary N) is 2. The summed E-state index contributed by atoms with van der Waals surface area (Å²) in [5.74, 6) is 2.69. The van der Waals surface area contributed by atoms with Crippen LogP contribution in [0.25, 0.3) is 0 Å². The smallest absolute Gasteiger partial charge is 0.245 e. The van der Waals surface area contributed by atoms with Crippen LogP contribution in [0.4, 0.5) is 11.8 Å². The highest BCUT2D eigenvalue weighted by Crippen LogP contribution is 2.08. The van der Waals surface area contributed by atoms with Crippen molar-refractivity contribution >= 4 is 11.8 Å². The average Bonchev–Trinajstić information content (AvgIpc) is 3.17. The number of hydrogen-bond donors (Lipinski definition) is 2. The molecule has 0 radical (unpaired) electrons. The van der Waals surface area contributed by atoms with Crippen molar-refractivity contribution < 1.29 is 8.83 Å². The Morgan fingerprint density at radius 1 is 0.950 bits per heavy atom. The Bertz CT molecular complexity index is 583. The predicted molar refractivity (Wildman–Crippen MR) is 71.9 cm³/mol. The van der Waals surface area contributed by atoms with Crippen LogP contribution in [-0.2, 0) is 13.1 Å². The molecule has 3 rings (SSSR count). The summed E-state index contributed by atoms with van der Waals surface area (Å²) >= 11 is 0. The second-order valence-electron chi connectivity index (χ2n) is 4.03. The monoisotopic (exact) mass is 271 g/mol. The van der Waals surface area contributed by atoms with Crippen LogP contribution in [0.3, 0.4) is 0 Å². The summed E-state index contributed by atoms with van der Waals surface area (Å²) in [5, 5.41) is 13.9. The predicted octanol–water partition coefficient (Wildman–Crippen LogP) is 2.28. The zero-order chi connectivity index (χ0) is 13.6. The van der Waals surface area contributed by atoms with Crippen molar-refractivity contribution in [3.8, 4) is 0 Å². The molecule has 102 valence electrons. The molecule has 0 saturated heterocycles. The highest BCUT2D eigenvalue weighted by Gasteiger charge is 2.02. The van der Waals surface area contributed by atoms with Gasteiger partial charge in [-0.05, 0) is 24.3 Å². The van der Waals surface area contributed by atoms with Gasteiger partial charge in [-0.2, -0.15) is 10.1 Å². The number of furan rings is 2. The molecule has 0 aliphatic carbocycles. The topological polar surface area (TPSA) is 89.0 Å². The molecule has 0 unspecified atom stereocenters. The molecule has 0 bridgehead atoms. The Labute approximate surface area is 115 Å². The molecule has 0 atom stereocenters. The Kier molecular flexibility index (Phi) is 3.59. The molecule has 2 N–H and O–H groups in total. The Morgan fingerprint density at radius 2 is 1.65 bits per heavy atom. The molecule has 0 amide bonds. The van der Waals surface area contributed by atoms with E-state index >= 15 is 0 Å². The number of hydrogen-bond acceptors (Lipinski definition) is 7. The van der Waals surface area contributed by atoms with E-state index in [-0.39, 0.29) is 0 Å². The molecule has 3 heterocycles. The fraction of sp³-hybridized carbons (Fsp3) is 0.154. The summed E-state index contributed by atoms with van der Waals surface area (Å²) in [4.78, 5) is 4.29. The maximum absolute atomic E-state index is 5.23. The maximum atomic E-state index is 5.23. The fourth-order valence-corrected chi connectivity index (χ4v) is 1.63. The highest BCUT2D eigenvalue weighted by atomic mass is 16.3. The van der Waals surface area contributed by atoms with E-state index in [1.807, 2.05) is 24.3 Å². The third-order valence-electron chi connectivity index (χ3n) is 2.58. The summed E-state index contributed by atoms with van der Waals surface area (Å²) in [7, 11) is 0. The standard InChI is InChI=1S/C13H13N5O2/c1-3-10(19-5-1)7-14-12-9-16-18-13(17-12)15-8-11-4-2-6-20-11/h1-6,9H,7-8H2,(H2,14,15,17,18). The summed E-state index contributed by atoms with van der Waals surface area (Å²) < 4.78 is 10.4. The lowest BCUT2D eigenvalue weighted by atomic mass is 10.4. The van der Waals surface area contributed by atoms with Gasteiger partial charge in [0.25, 0.3) is 0 Å². The molecule has 0 aliphatic heterocycles. The summed E-state index contributed by atoms with van der Waals surface area (Å²) in [5.41, 5.74) is 0. The molecular formula is C13H13N5O2. The quantitative estimate of drug-likeness (QED) is 0.710. The van der Waals surface area contributed by atoms with Gasteiger partial charge < -0.3 is 19.5 Å². The lowest BCUT2D eigenvalue weighted by molar-refractivity contribution is 0.517. The first-order valence-electron chi connectivity index (χ1n) is 6.12. The zero-order valence-corrected chi connectivity index (χ0v) is 10.6. The van der Waals surface area contributed by atoms with Gasteiger partial charge in [-0.15, -0.1) is 5.10 Å². The van der Waals surface area contributed by atoms with E-state index in [1.54, 1.807) is 18.7 Å². The van der Waals surface area contributed by atoms with Gasteiger partial charge in [0.05, 0.1) is 31.8 Å². The van der Waals surface area contributed by atoms with Crippen molar-refractivity contribution in [1.29, 1.82) is 0 Å². The van der Waals surface area contributed by atoms with Gasteiger partial charge in [-0.3, -0.25) is 0 Å². The molecule has 0 spiro atoms. The minimum Gasteiger partial charge on any atom is -0.467 e. The van der Waals surface area contributed by atoms with Crippen LogP contribution in [0.5, 0.6) is 0 Å². The number of nitrogens with zero attached hydrogens (tertiary/aromatic N) is 3. The van der Waals surface area contributed by atoms with Crippen LogP contribution < -0.4 is 10.6 Å². The van der Waals surface area contributed by atoms with Gasteiger partial charge in [-0.25, -0.2) is 0 Å². The van der Waals surface area contributed by atoms with Gasteiger partial charge in [0, 0.05) is 0 Å². The van der Waals surface area contributed by atoms with Crippen LogP contribution in [0.2, 0.25) is 0 Å². The van der Waals surface area contributed by atoms with Crippen molar-refractivity contribution in [2.45, 2.75) is 13.1 Å². The van der Waals surface area contributed by atoms with Gasteiger partial charge >= 0.3 is 0 Å². The van der Waals surface area contributed by atoms with Gasteiger partial charge in [-0.1, -0.05) is 0 Å². The number of aromatic nitrogens is 3. The van der Waals surface area contributed by atoms with Crippen LogP contribution in [0.15, 0.2) is 51.8 Å². The van der Waals surface area contributed by atoms with E-state index in [2.05, 4.69) is 25.8 Å². The first-order valence-corrected chi connectivity index (χ1v) is 6.12. The molecular weight excluding hydrogens is 258 g/mol. The fourth-order valence-electron chi connectivity index (χ4n) is 1.63. The summed E-state index contributed by atoms with van der Waals surface area (Å²) in [6.45, 7) is 1.06. The van der Waals surface area contributed by atoms with Gasteiger partial charge in [0.1, 0.15) is 11.5 Å². The van der Waals surface area contributed by atoms with E-state index in [1.165, 1.54) is 0 Å². The van der Waals surface area contributed by atoms with Crippen LogP contribution >= 0.6 is 0 Å². The SMILES string of the molecule is c1coc(CNc2cnnc(NCc3ccco3)n2)c1. The zero-order valence-electron chi connectivity index (χ0n) is 10.6. The van der Waals surface area contributed by atoms with E-state index in [0.717, 1.165) is 11.5 Å². The molecule has 0 aromatic carbocycles. The van der Waals surface area contributed by atoms with E-state index in [9.17, 15) is 0 Å². The van der Waals surface area contributed by atoms with Crippen molar-refractivity contribution in [1.82, 2.24) is 15.2 Å². The number of anilines is 2. The molecule has 0 fully saturated rings.